The third-order valence-electron chi connectivity index (χ3n) is 2.19. The molecule has 90 valence electrons. The highest BCUT2D eigenvalue weighted by Gasteiger charge is 2.11. The van der Waals surface area contributed by atoms with Gasteiger partial charge in [-0.3, -0.25) is 0 Å². The van der Waals surface area contributed by atoms with E-state index in [2.05, 4.69) is 26.1 Å². The SMILES string of the molecule is CN(C)Cc1cc(-c2cc(Br)cnc2N)on1. The van der Waals surface area contributed by atoms with Crippen LogP contribution in [0.1, 0.15) is 5.69 Å². The summed E-state index contributed by atoms with van der Waals surface area (Å²) in [6.07, 6.45) is 1.65. The molecule has 6 heteroatoms. The molecule has 2 heterocycles. The van der Waals surface area contributed by atoms with Gasteiger partial charge in [-0.1, -0.05) is 5.16 Å². The largest absolute Gasteiger partial charge is 0.383 e. The third kappa shape index (κ3) is 2.83. The van der Waals surface area contributed by atoms with Gasteiger partial charge in [-0.2, -0.15) is 0 Å². The smallest absolute Gasteiger partial charge is 0.170 e. The molecule has 0 spiro atoms. The minimum Gasteiger partial charge on any atom is -0.383 e. The summed E-state index contributed by atoms with van der Waals surface area (Å²) in [5.41, 5.74) is 7.41. The van der Waals surface area contributed by atoms with E-state index in [4.69, 9.17) is 10.3 Å². The number of hydrogen-bond donors (Lipinski definition) is 1. The van der Waals surface area contributed by atoms with Gasteiger partial charge in [0.25, 0.3) is 0 Å². The highest BCUT2D eigenvalue weighted by molar-refractivity contribution is 9.10. The Bertz CT molecular complexity index is 524. The van der Waals surface area contributed by atoms with Crippen molar-refractivity contribution in [1.82, 2.24) is 15.0 Å². The van der Waals surface area contributed by atoms with Crippen molar-refractivity contribution >= 4 is 21.7 Å². The van der Waals surface area contributed by atoms with Crippen molar-refractivity contribution in [3.8, 4) is 11.3 Å². The molecule has 0 saturated carbocycles. The predicted octanol–water partition coefficient (Wildman–Crippen LogP) is 2.14. The molecule has 5 nitrogen and oxygen atoms in total. The summed E-state index contributed by atoms with van der Waals surface area (Å²) in [6, 6.07) is 3.74. The second kappa shape index (κ2) is 4.85. The van der Waals surface area contributed by atoms with Crippen LogP contribution < -0.4 is 5.73 Å². The van der Waals surface area contributed by atoms with Crippen LogP contribution in [0.5, 0.6) is 0 Å². The number of aromatic nitrogens is 2. The average Bonchev–Trinajstić information content (AvgIpc) is 2.69. The Balaban J connectivity index is 2.33. The molecule has 0 fully saturated rings. The predicted molar refractivity (Wildman–Crippen MR) is 69.2 cm³/mol. The minimum atomic E-state index is 0.431. The number of nitrogens with zero attached hydrogens (tertiary/aromatic N) is 3. The average molecular weight is 297 g/mol. The number of pyridine rings is 1. The van der Waals surface area contributed by atoms with Crippen molar-refractivity contribution in [2.24, 2.45) is 0 Å². The summed E-state index contributed by atoms with van der Waals surface area (Å²) < 4.78 is 6.12. The fraction of sp³-hybridized carbons (Fsp3) is 0.273. The first-order chi connectivity index (χ1) is 8.06. The summed E-state index contributed by atoms with van der Waals surface area (Å²) in [7, 11) is 3.95. The molecular weight excluding hydrogens is 284 g/mol. The van der Waals surface area contributed by atoms with Crippen molar-refractivity contribution < 1.29 is 4.52 Å². The molecule has 0 aliphatic heterocycles. The maximum Gasteiger partial charge on any atom is 0.170 e. The van der Waals surface area contributed by atoms with Crippen molar-refractivity contribution in [3.05, 3.63) is 28.5 Å². The van der Waals surface area contributed by atoms with Crippen LogP contribution in [0.2, 0.25) is 0 Å². The first-order valence-corrected chi connectivity index (χ1v) is 5.87. The Morgan fingerprint density at radius 3 is 2.88 bits per heavy atom. The normalized spacial score (nSPS) is 11.1. The van der Waals surface area contributed by atoms with Gasteiger partial charge in [0.1, 0.15) is 5.82 Å². The molecule has 2 aromatic rings. The van der Waals surface area contributed by atoms with E-state index in [1.165, 1.54) is 0 Å². The minimum absolute atomic E-state index is 0.431. The second-order valence-electron chi connectivity index (χ2n) is 4.01. The third-order valence-corrected chi connectivity index (χ3v) is 2.62. The van der Waals surface area contributed by atoms with E-state index in [0.29, 0.717) is 11.6 Å². The van der Waals surface area contributed by atoms with Gasteiger partial charge in [0.2, 0.25) is 0 Å². The van der Waals surface area contributed by atoms with Crippen LogP contribution in [-0.2, 0) is 6.54 Å². The summed E-state index contributed by atoms with van der Waals surface area (Å²) in [4.78, 5) is 6.08. The molecule has 0 radical (unpaired) electrons. The summed E-state index contributed by atoms with van der Waals surface area (Å²) in [5, 5.41) is 3.99. The number of nitrogen functional groups attached to an aromatic ring is 1. The lowest BCUT2D eigenvalue weighted by Gasteiger charge is -2.04. The molecule has 0 saturated heterocycles. The van der Waals surface area contributed by atoms with Gasteiger partial charge >= 0.3 is 0 Å². The Hall–Kier alpha value is -1.40. The number of hydrogen-bond acceptors (Lipinski definition) is 5. The Labute approximate surface area is 108 Å². The van der Waals surface area contributed by atoms with Gasteiger partial charge in [0.15, 0.2) is 5.76 Å². The second-order valence-corrected chi connectivity index (χ2v) is 4.92. The first kappa shape index (κ1) is 12.1. The van der Waals surface area contributed by atoms with Gasteiger partial charge < -0.3 is 15.2 Å². The Morgan fingerprint density at radius 2 is 2.18 bits per heavy atom. The van der Waals surface area contributed by atoms with E-state index in [1.54, 1.807) is 6.20 Å². The summed E-state index contributed by atoms with van der Waals surface area (Å²) in [6.45, 7) is 0.727. The standard InChI is InChI=1S/C11H13BrN4O/c1-16(2)6-8-4-10(17-15-8)9-3-7(12)5-14-11(9)13/h3-5H,6H2,1-2H3,(H2,13,14). The van der Waals surface area contributed by atoms with Crippen molar-refractivity contribution in [3.63, 3.8) is 0 Å². The number of nitrogens with two attached hydrogens (primary N) is 1. The van der Waals surface area contributed by atoms with Crippen LogP contribution in [0.15, 0.2) is 27.3 Å². The molecule has 2 N–H and O–H groups in total. The molecule has 0 amide bonds. The first-order valence-electron chi connectivity index (χ1n) is 5.08. The maximum absolute atomic E-state index is 5.80. The van der Waals surface area contributed by atoms with E-state index >= 15 is 0 Å². The van der Waals surface area contributed by atoms with Crippen molar-refractivity contribution in [2.75, 3.05) is 19.8 Å². The molecule has 0 aromatic carbocycles. The van der Waals surface area contributed by atoms with Gasteiger partial charge in [-0.25, -0.2) is 4.98 Å². The lowest BCUT2D eigenvalue weighted by atomic mass is 10.2. The molecule has 2 rings (SSSR count). The molecule has 0 aliphatic rings. The van der Waals surface area contributed by atoms with E-state index in [-0.39, 0.29) is 0 Å². The van der Waals surface area contributed by atoms with Crippen LogP contribution in [0.4, 0.5) is 5.82 Å². The molecule has 0 unspecified atom stereocenters. The van der Waals surface area contributed by atoms with E-state index in [0.717, 1.165) is 22.3 Å². The van der Waals surface area contributed by atoms with Crippen LogP contribution >= 0.6 is 15.9 Å². The fourth-order valence-corrected chi connectivity index (χ4v) is 1.82. The van der Waals surface area contributed by atoms with Crippen molar-refractivity contribution in [1.29, 1.82) is 0 Å². The zero-order valence-corrected chi connectivity index (χ0v) is 11.2. The van der Waals surface area contributed by atoms with Crippen LogP contribution in [0.25, 0.3) is 11.3 Å². The number of halogens is 1. The van der Waals surface area contributed by atoms with Gasteiger partial charge in [0.05, 0.1) is 11.3 Å². The zero-order chi connectivity index (χ0) is 12.4. The molecule has 17 heavy (non-hydrogen) atoms. The van der Waals surface area contributed by atoms with Crippen LogP contribution in [-0.4, -0.2) is 29.1 Å². The topological polar surface area (TPSA) is 68.2 Å². The highest BCUT2D eigenvalue weighted by Crippen LogP contribution is 2.27. The maximum atomic E-state index is 5.80. The van der Waals surface area contributed by atoms with Gasteiger partial charge in [-0.05, 0) is 36.1 Å². The van der Waals surface area contributed by atoms with Crippen molar-refractivity contribution in [2.45, 2.75) is 6.54 Å². The highest BCUT2D eigenvalue weighted by atomic mass is 79.9. The molecule has 0 bridgehead atoms. The molecular formula is C11H13BrN4O. The van der Waals surface area contributed by atoms with Crippen LogP contribution in [0.3, 0.4) is 0 Å². The van der Waals surface area contributed by atoms with Gasteiger partial charge in [-0.15, -0.1) is 0 Å². The molecule has 0 aliphatic carbocycles. The van der Waals surface area contributed by atoms with E-state index in [9.17, 15) is 0 Å². The zero-order valence-electron chi connectivity index (χ0n) is 9.64. The quantitative estimate of drug-likeness (QED) is 0.940. The Morgan fingerprint density at radius 1 is 1.41 bits per heavy atom. The van der Waals surface area contributed by atoms with E-state index < -0.39 is 0 Å². The summed E-state index contributed by atoms with van der Waals surface area (Å²) >= 11 is 3.35. The fourth-order valence-electron chi connectivity index (χ4n) is 1.48. The van der Waals surface area contributed by atoms with Crippen LogP contribution in [0, 0.1) is 0 Å². The lowest BCUT2D eigenvalue weighted by molar-refractivity contribution is 0.367. The lowest BCUT2D eigenvalue weighted by Crippen LogP contribution is -2.10. The monoisotopic (exact) mass is 296 g/mol. The Kier molecular flexibility index (Phi) is 3.44. The van der Waals surface area contributed by atoms with Gasteiger partial charge in [0, 0.05) is 23.3 Å². The summed E-state index contributed by atoms with van der Waals surface area (Å²) in [5.74, 6) is 1.06. The number of anilines is 1. The molecule has 0 atom stereocenters. The number of rotatable bonds is 3. The molecule has 2 aromatic heterocycles. The van der Waals surface area contributed by atoms with E-state index in [1.807, 2.05) is 31.1 Å².